The van der Waals surface area contributed by atoms with Crippen LogP contribution in [0.4, 0.5) is 10.5 Å². The summed E-state index contributed by atoms with van der Waals surface area (Å²) < 4.78 is 5.45. The number of benzene rings is 1. The average Bonchev–Trinajstić information content (AvgIpc) is 3.43. The molecule has 1 atom stereocenters. The number of ether oxygens (including phenoxy) is 1. The molecule has 0 aliphatic carbocycles. The van der Waals surface area contributed by atoms with Gasteiger partial charge in [-0.3, -0.25) is 14.7 Å². The highest BCUT2D eigenvalue weighted by Gasteiger charge is 2.32. The van der Waals surface area contributed by atoms with E-state index in [1.54, 1.807) is 18.1 Å². The molecule has 178 valence electrons. The van der Waals surface area contributed by atoms with Gasteiger partial charge in [-0.1, -0.05) is 12.1 Å². The molecule has 11 heteroatoms. The van der Waals surface area contributed by atoms with Crippen molar-refractivity contribution in [3.8, 4) is 22.6 Å². The number of amides is 2. The summed E-state index contributed by atoms with van der Waals surface area (Å²) in [5, 5.41) is 17.8. The summed E-state index contributed by atoms with van der Waals surface area (Å²) in [5.74, 6) is 0.428. The quantitative estimate of drug-likeness (QED) is 0.458. The number of aryl methyl sites for hydroxylation is 2. The van der Waals surface area contributed by atoms with Gasteiger partial charge < -0.3 is 15.4 Å². The first-order valence-electron chi connectivity index (χ1n) is 11.2. The van der Waals surface area contributed by atoms with Crippen LogP contribution in [0.25, 0.3) is 22.6 Å². The van der Waals surface area contributed by atoms with Gasteiger partial charge in [0.1, 0.15) is 11.8 Å². The molecule has 3 aromatic rings. The van der Waals surface area contributed by atoms with Crippen LogP contribution in [-0.4, -0.2) is 70.0 Å². The third kappa shape index (κ3) is 5.37. The Bertz CT molecular complexity index is 1160. The van der Waals surface area contributed by atoms with Gasteiger partial charge >= 0.3 is 6.09 Å². The van der Waals surface area contributed by atoms with E-state index in [0.29, 0.717) is 31.0 Å². The molecule has 0 bridgehead atoms. The summed E-state index contributed by atoms with van der Waals surface area (Å²) in [7, 11) is 3.56. The van der Waals surface area contributed by atoms with Crippen molar-refractivity contribution in [2.45, 2.75) is 25.9 Å². The van der Waals surface area contributed by atoms with Gasteiger partial charge in [-0.05, 0) is 61.5 Å². The molecule has 0 spiro atoms. The van der Waals surface area contributed by atoms with Crippen molar-refractivity contribution in [1.82, 2.24) is 35.8 Å². The molecule has 3 heterocycles. The van der Waals surface area contributed by atoms with Gasteiger partial charge in [0.05, 0.1) is 20.1 Å². The van der Waals surface area contributed by atoms with Gasteiger partial charge in [-0.15, -0.1) is 10.2 Å². The topological polar surface area (TPSA) is 127 Å². The van der Waals surface area contributed by atoms with Crippen LogP contribution in [0.15, 0.2) is 36.5 Å². The van der Waals surface area contributed by atoms with Gasteiger partial charge in [-0.25, -0.2) is 4.79 Å². The van der Waals surface area contributed by atoms with Crippen molar-refractivity contribution in [2.75, 3.05) is 31.6 Å². The maximum Gasteiger partial charge on any atom is 0.414 e. The van der Waals surface area contributed by atoms with E-state index in [9.17, 15) is 9.59 Å². The molecule has 0 saturated carbocycles. The van der Waals surface area contributed by atoms with Crippen LogP contribution in [-0.2, 0) is 16.6 Å². The number of hydrogen-bond donors (Lipinski definition) is 2. The molecule has 1 saturated heterocycles. The molecule has 0 radical (unpaired) electrons. The molecule has 1 aliphatic rings. The minimum atomic E-state index is -0.413. The van der Waals surface area contributed by atoms with E-state index < -0.39 is 6.09 Å². The highest BCUT2D eigenvalue weighted by atomic mass is 16.6. The molecule has 1 aliphatic heterocycles. The van der Waals surface area contributed by atoms with E-state index in [0.717, 1.165) is 35.3 Å². The zero-order valence-corrected chi connectivity index (χ0v) is 19.5. The molecular weight excluding hydrogens is 436 g/mol. The van der Waals surface area contributed by atoms with Gasteiger partial charge in [0.15, 0.2) is 0 Å². The Hall–Kier alpha value is -3.86. The molecule has 1 fully saturated rings. The Balaban J connectivity index is 1.39. The zero-order chi connectivity index (χ0) is 24.1. The fourth-order valence-corrected chi connectivity index (χ4v) is 3.79. The third-order valence-electron chi connectivity index (χ3n) is 5.57. The second-order valence-corrected chi connectivity index (χ2v) is 8.16. The van der Waals surface area contributed by atoms with E-state index in [1.165, 1.54) is 4.80 Å². The Kier molecular flexibility index (Phi) is 7.12. The fourth-order valence-electron chi connectivity index (χ4n) is 3.79. The summed E-state index contributed by atoms with van der Waals surface area (Å²) >= 11 is 0. The lowest BCUT2D eigenvalue weighted by Crippen LogP contribution is -2.34. The maximum atomic E-state index is 12.4. The Morgan fingerprint density at radius 1 is 1.26 bits per heavy atom. The van der Waals surface area contributed by atoms with E-state index in [4.69, 9.17) is 4.74 Å². The molecule has 0 unspecified atom stereocenters. The van der Waals surface area contributed by atoms with Crippen LogP contribution in [0.1, 0.15) is 18.4 Å². The first-order valence-corrected chi connectivity index (χ1v) is 11.2. The Morgan fingerprint density at radius 3 is 2.79 bits per heavy atom. The molecule has 2 aromatic heterocycles. The highest BCUT2D eigenvalue weighted by Crippen LogP contribution is 2.30. The molecule has 2 amide bonds. The standard InChI is InChI=1S/C23H28N8O3/c1-15-11-17(31-14-18(34-23(31)33)13-26-21(32)5-4-10-24-2)7-8-19(15)16-6-9-20(25-12-16)22-27-29-30(3)28-22/h6-9,11-12,18,24H,4-5,10,13-14H2,1-3H3,(H,26,32)/t18-/m0/s1. The minimum absolute atomic E-state index is 0.0420. The predicted octanol–water partition coefficient (Wildman–Crippen LogP) is 1.69. The van der Waals surface area contributed by atoms with Crippen molar-refractivity contribution in [3.63, 3.8) is 0 Å². The number of cyclic esters (lactones) is 1. The summed E-state index contributed by atoms with van der Waals surface area (Å²) in [6, 6.07) is 9.62. The number of aromatic nitrogens is 5. The maximum absolute atomic E-state index is 12.4. The summed E-state index contributed by atoms with van der Waals surface area (Å²) in [4.78, 5) is 31.8. The number of nitrogens with one attached hydrogen (secondary N) is 2. The van der Waals surface area contributed by atoms with Gasteiger partial charge in [0, 0.05) is 23.9 Å². The largest absolute Gasteiger partial charge is 0.442 e. The third-order valence-corrected chi connectivity index (χ3v) is 5.57. The number of anilines is 1. The number of rotatable bonds is 9. The number of nitrogens with zero attached hydrogens (tertiary/aromatic N) is 6. The minimum Gasteiger partial charge on any atom is -0.442 e. The lowest BCUT2D eigenvalue weighted by molar-refractivity contribution is -0.121. The summed E-state index contributed by atoms with van der Waals surface area (Å²) in [6.45, 7) is 3.46. The smallest absolute Gasteiger partial charge is 0.414 e. The van der Waals surface area contributed by atoms with Crippen molar-refractivity contribution in [1.29, 1.82) is 0 Å². The number of carbonyl (C=O) groups excluding carboxylic acids is 2. The molecule has 4 rings (SSSR count). The predicted molar refractivity (Wildman–Crippen MR) is 126 cm³/mol. The second-order valence-electron chi connectivity index (χ2n) is 8.16. The van der Waals surface area contributed by atoms with Gasteiger partial charge in [0.2, 0.25) is 11.7 Å². The van der Waals surface area contributed by atoms with Crippen LogP contribution >= 0.6 is 0 Å². The molecule has 11 nitrogen and oxygen atoms in total. The molecule has 34 heavy (non-hydrogen) atoms. The van der Waals surface area contributed by atoms with Crippen molar-refractivity contribution >= 4 is 17.7 Å². The highest BCUT2D eigenvalue weighted by molar-refractivity contribution is 5.90. The first kappa shape index (κ1) is 23.3. The Labute approximate surface area is 197 Å². The van der Waals surface area contributed by atoms with E-state index in [2.05, 4.69) is 31.0 Å². The van der Waals surface area contributed by atoms with Crippen LogP contribution in [0.2, 0.25) is 0 Å². The van der Waals surface area contributed by atoms with Crippen LogP contribution in [0, 0.1) is 6.92 Å². The van der Waals surface area contributed by atoms with Crippen LogP contribution in [0.5, 0.6) is 0 Å². The Morgan fingerprint density at radius 2 is 2.12 bits per heavy atom. The number of pyridine rings is 1. The summed E-state index contributed by atoms with van der Waals surface area (Å²) in [5.41, 5.74) is 4.35. The summed E-state index contributed by atoms with van der Waals surface area (Å²) in [6.07, 6.45) is 2.18. The number of tetrazole rings is 1. The molecule has 2 N–H and O–H groups in total. The van der Waals surface area contributed by atoms with E-state index in [1.807, 2.05) is 44.3 Å². The number of hydrogen-bond acceptors (Lipinski definition) is 8. The lowest BCUT2D eigenvalue weighted by atomic mass is 10.0. The van der Waals surface area contributed by atoms with Crippen LogP contribution < -0.4 is 15.5 Å². The van der Waals surface area contributed by atoms with Crippen molar-refractivity contribution < 1.29 is 14.3 Å². The lowest BCUT2D eigenvalue weighted by Gasteiger charge is -2.16. The van der Waals surface area contributed by atoms with Gasteiger partial charge in [0.25, 0.3) is 0 Å². The van der Waals surface area contributed by atoms with Crippen molar-refractivity contribution in [2.24, 2.45) is 7.05 Å². The fraction of sp³-hybridized carbons (Fsp3) is 0.391. The molecule has 1 aromatic carbocycles. The zero-order valence-electron chi connectivity index (χ0n) is 19.5. The monoisotopic (exact) mass is 464 g/mol. The first-order chi connectivity index (χ1) is 16.4. The average molecular weight is 465 g/mol. The van der Waals surface area contributed by atoms with Crippen molar-refractivity contribution in [3.05, 3.63) is 42.1 Å². The van der Waals surface area contributed by atoms with E-state index >= 15 is 0 Å². The van der Waals surface area contributed by atoms with Crippen LogP contribution in [0.3, 0.4) is 0 Å². The number of carbonyl (C=O) groups is 2. The van der Waals surface area contributed by atoms with Gasteiger partial charge in [-0.2, -0.15) is 4.80 Å². The van der Waals surface area contributed by atoms with E-state index in [-0.39, 0.29) is 12.0 Å². The second kappa shape index (κ2) is 10.4. The SMILES string of the molecule is CNCCCC(=O)NC[C@H]1CN(c2ccc(-c3ccc(-c4nnn(C)n4)nc3)c(C)c2)C(=O)O1. The normalized spacial score (nSPS) is 15.4. The molecular formula is C23H28N8O3.